The Morgan fingerprint density at radius 3 is 2.60 bits per heavy atom. The number of rotatable bonds is 3. The molecule has 0 bridgehead atoms. The molecular formula is C12H10N2O5S. The van der Waals surface area contributed by atoms with Gasteiger partial charge in [-0.2, -0.15) is 0 Å². The molecular weight excluding hydrogens is 284 g/mol. The fraction of sp³-hybridized carbons (Fsp3) is 0. The Bertz CT molecular complexity index is 606. The lowest BCUT2D eigenvalue weighted by atomic mass is 10.3. The molecule has 0 amide bonds. The molecule has 8 heteroatoms. The number of carboxylic acid groups (broad SMARTS) is 1. The molecule has 1 heterocycles. The molecule has 0 saturated heterocycles. The van der Waals surface area contributed by atoms with E-state index in [1.165, 1.54) is 35.6 Å². The molecule has 7 nitrogen and oxygen atoms in total. The maximum atomic E-state index is 11.0. The van der Waals surface area contributed by atoms with E-state index < -0.39 is 5.97 Å². The first kappa shape index (κ1) is 15.4. The summed E-state index contributed by atoms with van der Waals surface area (Å²) in [6, 6.07) is 8.08. The second-order valence-corrected chi connectivity index (χ2v) is 4.47. The molecule has 0 aliphatic carbocycles. The van der Waals surface area contributed by atoms with Gasteiger partial charge in [0, 0.05) is 22.2 Å². The highest BCUT2D eigenvalue weighted by Crippen LogP contribution is 2.31. The molecule has 0 spiro atoms. The fourth-order valence-electron chi connectivity index (χ4n) is 1.31. The summed E-state index contributed by atoms with van der Waals surface area (Å²) < 4.78 is 0. The molecule has 0 aliphatic rings. The highest BCUT2D eigenvalue weighted by molar-refractivity contribution is 7.99. The van der Waals surface area contributed by atoms with Crippen molar-refractivity contribution in [2.24, 2.45) is 5.34 Å². The Labute approximate surface area is 117 Å². The van der Waals surface area contributed by atoms with Gasteiger partial charge >= 0.3 is 5.97 Å². The molecule has 0 radical (unpaired) electrons. The number of carboxylic acids is 1. The molecule has 20 heavy (non-hydrogen) atoms. The van der Waals surface area contributed by atoms with Crippen LogP contribution in [0, 0.1) is 4.91 Å². The third-order valence-corrected chi connectivity index (χ3v) is 3.10. The Hall–Kier alpha value is -2.61. The first-order valence-electron chi connectivity index (χ1n) is 5.19. The maximum Gasteiger partial charge on any atom is 0.336 e. The van der Waals surface area contributed by atoms with Crippen molar-refractivity contribution in [1.82, 2.24) is 4.98 Å². The van der Waals surface area contributed by atoms with E-state index >= 15 is 0 Å². The minimum Gasteiger partial charge on any atom is -0.508 e. The summed E-state index contributed by atoms with van der Waals surface area (Å²) in [5.74, 6) is -0.842. The second-order valence-electron chi connectivity index (χ2n) is 3.36. The van der Waals surface area contributed by atoms with Gasteiger partial charge in [-0.25, -0.2) is 4.79 Å². The lowest BCUT2D eigenvalue weighted by Gasteiger charge is -2.04. The Kier molecular flexibility index (Phi) is 5.98. The molecule has 3 N–H and O–H groups in total. The van der Waals surface area contributed by atoms with Crippen molar-refractivity contribution in [2.75, 3.05) is 0 Å². The van der Waals surface area contributed by atoms with Gasteiger partial charge in [-0.3, -0.25) is 4.98 Å². The first-order valence-corrected chi connectivity index (χ1v) is 6.01. The highest BCUT2D eigenvalue weighted by Gasteiger charge is 2.10. The van der Waals surface area contributed by atoms with E-state index in [1.807, 2.05) is 0 Å². The number of pyridine rings is 1. The Morgan fingerprint density at radius 2 is 2.00 bits per heavy atom. The van der Waals surface area contributed by atoms with Gasteiger partial charge in [-0.15, -0.1) is 4.91 Å². The number of carbonyl (C=O) groups is 1. The number of aromatic carboxylic acids is 1. The van der Waals surface area contributed by atoms with Gasteiger partial charge in [0.25, 0.3) is 0 Å². The summed E-state index contributed by atoms with van der Waals surface area (Å²) in [6.07, 6.45) is 2.94. The Morgan fingerprint density at radius 1 is 1.30 bits per heavy atom. The lowest BCUT2D eigenvalue weighted by molar-refractivity contribution is 0.0693. The van der Waals surface area contributed by atoms with E-state index in [2.05, 4.69) is 4.98 Å². The van der Waals surface area contributed by atoms with Crippen molar-refractivity contribution in [1.29, 1.82) is 0 Å². The summed E-state index contributed by atoms with van der Waals surface area (Å²) in [4.78, 5) is 24.3. The van der Waals surface area contributed by atoms with Gasteiger partial charge in [0.1, 0.15) is 5.75 Å². The van der Waals surface area contributed by atoms with Gasteiger partial charge < -0.3 is 15.4 Å². The molecule has 0 saturated carbocycles. The largest absolute Gasteiger partial charge is 0.508 e. The van der Waals surface area contributed by atoms with Crippen LogP contribution in [-0.4, -0.2) is 26.4 Å². The van der Waals surface area contributed by atoms with Crippen molar-refractivity contribution < 1.29 is 20.2 Å². The summed E-state index contributed by atoms with van der Waals surface area (Å²) in [5.41, 5.74) is 0.202. The summed E-state index contributed by atoms with van der Waals surface area (Å²) >= 11 is 1.25. The minimum atomic E-state index is -0.991. The Balaban J connectivity index is 0.000000612. The van der Waals surface area contributed by atoms with E-state index in [4.69, 9.17) is 15.2 Å². The molecule has 104 valence electrons. The number of aromatic nitrogens is 1. The van der Waals surface area contributed by atoms with Crippen LogP contribution in [0.1, 0.15) is 10.4 Å². The van der Waals surface area contributed by atoms with Crippen LogP contribution in [0.3, 0.4) is 0 Å². The van der Waals surface area contributed by atoms with Gasteiger partial charge in [0.15, 0.2) is 5.34 Å². The van der Waals surface area contributed by atoms with Crippen molar-refractivity contribution in [3.63, 3.8) is 0 Å². The maximum absolute atomic E-state index is 11.0. The smallest absolute Gasteiger partial charge is 0.336 e. The summed E-state index contributed by atoms with van der Waals surface area (Å²) in [5, 5.41) is 26.2. The third kappa shape index (κ3) is 4.58. The standard InChI is InChI=1S/C12H9NO3S.HNO2/c14-8-2-1-3-9(6-8)17-11-7-13-5-4-10(11)12(15)16;2-1-3/h1-7,14H,(H,15,16);(H,2,3). The molecule has 1 aromatic heterocycles. The van der Waals surface area contributed by atoms with Gasteiger partial charge in [-0.05, 0) is 24.3 Å². The summed E-state index contributed by atoms with van der Waals surface area (Å²) in [7, 11) is 0. The number of phenolic OH excluding ortho intramolecular Hbond substituents is 1. The predicted octanol–water partition coefficient (Wildman–Crippen LogP) is 2.78. The average molecular weight is 294 g/mol. The van der Waals surface area contributed by atoms with Crippen molar-refractivity contribution in [3.05, 3.63) is 53.2 Å². The van der Waals surface area contributed by atoms with Crippen molar-refractivity contribution in [3.8, 4) is 5.75 Å². The van der Waals surface area contributed by atoms with Gasteiger partial charge in [0.2, 0.25) is 0 Å². The average Bonchev–Trinajstić information content (AvgIpc) is 2.40. The molecule has 2 rings (SSSR count). The lowest BCUT2D eigenvalue weighted by Crippen LogP contribution is -1.98. The second kappa shape index (κ2) is 7.74. The van der Waals surface area contributed by atoms with E-state index in [0.717, 1.165) is 4.90 Å². The zero-order valence-corrected chi connectivity index (χ0v) is 10.8. The molecule has 0 atom stereocenters. The van der Waals surface area contributed by atoms with Crippen LogP contribution >= 0.6 is 11.8 Å². The highest BCUT2D eigenvalue weighted by atomic mass is 32.2. The van der Waals surface area contributed by atoms with E-state index in [1.54, 1.807) is 24.3 Å². The molecule has 0 fully saturated rings. The van der Waals surface area contributed by atoms with Gasteiger partial charge in [-0.1, -0.05) is 17.8 Å². The number of nitrogens with zero attached hydrogens (tertiary/aromatic N) is 2. The monoisotopic (exact) mass is 294 g/mol. The van der Waals surface area contributed by atoms with Crippen LogP contribution in [-0.2, 0) is 0 Å². The topological polar surface area (TPSA) is 120 Å². The molecule has 2 aromatic rings. The predicted molar refractivity (Wildman–Crippen MR) is 71.0 cm³/mol. The van der Waals surface area contributed by atoms with Crippen LogP contribution in [0.4, 0.5) is 0 Å². The third-order valence-electron chi connectivity index (χ3n) is 2.06. The molecule has 1 aromatic carbocycles. The summed E-state index contributed by atoms with van der Waals surface area (Å²) in [6.45, 7) is 0. The minimum absolute atomic E-state index is 0.149. The van der Waals surface area contributed by atoms with Crippen LogP contribution < -0.4 is 0 Å². The number of phenols is 1. The number of aromatic hydroxyl groups is 1. The van der Waals surface area contributed by atoms with E-state index in [9.17, 15) is 9.90 Å². The fourth-order valence-corrected chi connectivity index (χ4v) is 2.27. The quantitative estimate of drug-likeness (QED) is 0.588. The van der Waals surface area contributed by atoms with Crippen LogP contribution in [0.5, 0.6) is 5.75 Å². The van der Waals surface area contributed by atoms with E-state index in [-0.39, 0.29) is 11.3 Å². The first-order chi connectivity index (χ1) is 9.58. The van der Waals surface area contributed by atoms with Crippen LogP contribution in [0.2, 0.25) is 0 Å². The number of hydrogen-bond donors (Lipinski definition) is 3. The van der Waals surface area contributed by atoms with Crippen molar-refractivity contribution in [2.45, 2.75) is 9.79 Å². The van der Waals surface area contributed by atoms with Crippen molar-refractivity contribution >= 4 is 17.7 Å². The number of benzene rings is 1. The number of hydrogen-bond acceptors (Lipinski definition) is 6. The SMILES string of the molecule is O=C(O)c1ccncc1Sc1cccc(O)c1.O=NO. The molecule has 0 unspecified atom stereocenters. The van der Waals surface area contributed by atoms with Crippen LogP contribution in [0.25, 0.3) is 0 Å². The normalized spacial score (nSPS) is 9.20. The molecule has 0 aliphatic heterocycles. The van der Waals surface area contributed by atoms with Gasteiger partial charge in [0.05, 0.1) is 5.56 Å². The zero-order valence-electron chi connectivity index (χ0n) is 10.0. The zero-order chi connectivity index (χ0) is 15.0. The van der Waals surface area contributed by atoms with E-state index in [0.29, 0.717) is 4.90 Å². The van der Waals surface area contributed by atoms with Crippen LogP contribution in [0.15, 0.2) is 57.9 Å².